The molecule has 10 nitrogen and oxygen atoms in total. The molecule has 1 saturated heterocycles. The van der Waals surface area contributed by atoms with Crippen LogP contribution in [0.1, 0.15) is 34.1 Å². The van der Waals surface area contributed by atoms with Gasteiger partial charge < -0.3 is 14.8 Å². The summed E-state index contributed by atoms with van der Waals surface area (Å²) in [4.78, 5) is 42.0. The van der Waals surface area contributed by atoms with Gasteiger partial charge >= 0.3 is 0 Å². The second kappa shape index (κ2) is 10.5. The van der Waals surface area contributed by atoms with E-state index in [9.17, 15) is 9.59 Å². The summed E-state index contributed by atoms with van der Waals surface area (Å²) in [6, 6.07) is 15.3. The Hall–Kier alpha value is -4.28. The van der Waals surface area contributed by atoms with Gasteiger partial charge in [0.25, 0.3) is 5.91 Å². The fourth-order valence-corrected chi connectivity index (χ4v) is 5.56. The lowest BCUT2D eigenvalue weighted by Crippen LogP contribution is -2.47. The molecule has 0 saturated carbocycles. The van der Waals surface area contributed by atoms with Crippen LogP contribution in [0.4, 0.5) is 5.95 Å². The maximum absolute atomic E-state index is 11.6. The van der Waals surface area contributed by atoms with Crippen LogP contribution in [0.5, 0.6) is 0 Å². The molecule has 2 aromatic carbocycles. The van der Waals surface area contributed by atoms with Crippen molar-refractivity contribution < 1.29 is 14.8 Å². The van der Waals surface area contributed by atoms with E-state index in [1.165, 1.54) is 45.7 Å². The molecule has 0 radical (unpaired) electrons. The molecule has 2 aliphatic rings. The lowest BCUT2D eigenvalue weighted by Gasteiger charge is -2.34. The molecule has 2 amide bonds. The second-order valence-electron chi connectivity index (χ2n) is 10.2. The molecule has 39 heavy (non-hydrogen) atoms. The molecular formula is C29H31N7O3. The Bertz CT molecular complexity index is 1520. The zero-order chi connectivity index (χ0) is 26.9. The Morgan fingerprint density at radius 2 is 1.77 bits per heavy atom. The lowest BCUT2D eigenvalue weighted by molar-refractivity contribution is -0.130. The Morgan fingerprint density at radius 3 is 2.51 bits per heavy atom. The molecule has 3 N–H and O–H groups in total. The summed E-state index contributed by atoms with van der Waals surface area (Å²) in [5.41, 5.74) is 9.00. The normalized spacial score (nSPS) is 15.8. The Morgan fingerprint density at radius 1 is 1.00 bits per heavy atom. The molecule has 2 aromatic heterocycles. The number of aromatic nitrogens is 3. The highest BCUT2D eigenvalue weighted by Crippen LogP contribution is 2.32. The van der Waals surface area contributed by atoms with Gasteiger partial charge in [-0.1, -0.05) is 24.3 Å². The zero-order valence-corrected chi connectivity index (χ0v) is 21.9. The van der Waals surface area contributed by atoms with E-state index in [1.807, 2.05) is 4.90 Å². The Balaban J connectivity index is 1.21. The number of rotatable bonds is 5. The third-order valence-electron chi connectivity index (χ3n) is 7.74. The van der Waals surface area contributed by atoms with Gasteiger partial charge in [-0.25, -0.2) is 15.4 Å². The van der Waals surface area contributed by atoms with Gasteiger partial charge in [-0.3, -0.25) is 19.7 Å². The first-order chi connectivity index (χ1) is 19.0. The topological polar surface area (TPSA) is 118 Å². The second-order valence-corrected chi connectivity index (χ2v) is 10.2. The number of benzene rings is 2. The summed E-state index contributed by atoms with van der Waals surface area (Å²) < 4.78 is 0. The average molecular weight is 526 g/mol. The number of hydrogen-bond donors (Lipinski definition) is 3. The van der Waals surface area contributed by atoms with Crippen molar-refractivity contribution >= 4 is 28.7 Å². The van der Waals surface area contributed by atoms with Crippen molar-refractivity contribution in [3.63, 3.8) is 0 Å². The molecule has 4 aromatic rings. The van der Waals surface area contributed by atoms with Crippen molar-refractivity contribution in [3.8, 4) is 11.1 Å². The minimum atomic E-state index is -0.633. The van der Waals surface area contributed by atoms with Gasteiger partial charge in [0.05, 0.1) is 5.56 Å². The summed E-state index contributed by atoms with van der Waals surface area (Å²) in [6.45, 7) is 7.29. The smallest absolute Gasteiger partial charge is 0.277 e. The number of nitrogens with zero attached hydrogens (tertiary/aromatic N) is 5. The van der Waals surface area contributed by atoms with Crippen LogP contribution in [-0.2, 0) is 24.3 Å². The molecule has 10 heteroatoms. The highest BCUT2D eigenvalue weighted by Gasteiger charge is 2.23. The fraction of sp³-hybridized carbons (Fsp3) is 0.310. The number of hydrogen-bond acceptors (Lipinski definition) is 7. The fourth-order valence-electron chi connectivity index (χ4n) is 5.56. The maximum atomic E-state index is 11.6. The number of H-pyrrole nitrogens is 1. The van der Waals surface area contributed by atoms with Crippen LogP contribution >= 0.6 is 0 Å². The first-order valence-corrected chi connectivity index (χ1v) is 13.2. The first-order valence-electron chi connectivity index (χ1n) is 13.2. The van der Waals surface area contributed by atoms with Gasteiger partial charge in [-0.2, -0.15) is 0 Å². The van der Waals surface area contributed by atoms with Crippen LogP contribution in [0.3, 0.4) is 0 Å². The number of anilines is 1. The SMILES string of the molecule is CC(=O)N1CCN(Cc2cccc(-c3ccc4[nH]c5c(c4c3)CN(c3ncc(C(=O)NO)cn3)CC5)c2)CC1. The molecule has 0 spiro atoms. The molecule has 2 aliphatic heterocycles. The minimum Gasteiger partial charge on any atom is -0.358 e. The van der Waals surface area contributed by atoms with Crippen LogP contribution in [0.25, 0.3) is 22.0 Å². The number of hydroxylamine groups is 1. The van der Waals surface area contributed by atoms with Crippen molar-refractivity contribution in [2.24, 2.45) is 0 Å². The van der Waals surface area contributed by atoms with Gasteiger partial charge in [0, 0.05) is 93.7 Å². The Labute approximate surface area is 226 Å². The molecule has 0 bridgehead atoms. The predicted octanol–water partition coefficient (Wildman–Crippen LogP) is 2.97. The Kier molecular flexibility index (Phi) is 6.72. The summed E-state index contributed by atoms with van der Waals surface area (Å²) in [5, 5.41) is 10.0. The molecule has 0 atom stereocenters. The monoisotopic (exact) mass is 525 g/mol. The summed E-state index contributed by atoms with van der Waals surface area (Å²) in [6.07, 6.45) is 3.69. The van der Waals surface area contributed by atoms with Gasteiger partial charge in [-0.05, 0) is 34.9 Å². The summed E-state index contributed by atoms with van der Waals surface area (Å²) in [7, 11) is 0. The van der Waals surface area contributed by atoms with Gasteiger partial charge in [0.2, 0.25) is 11.9 Å². The average Bonchev–Trinajstić information content (AvgIpc) is 3.34. The quantitative estimate of drug-likeness (QED) is 0.271. The van der Waals surface area contributed by atoms with Crippen molar-refractivity contribution in [3.05, 3.63) is 77.2 Å². The van der Waals surface area contributed by atoms with E-state index in [0.29, 0.717) is 12.5 Å². The largest absolute Gasteiger partial charge is 0.358 e. The highest BCUT2D eigenvalue weighted by molar-refractivity contribution is 5.93. The zero-order valence-electron chi connectivity index (χ0n) is 21.9. The van der Waals surface area contributed by atoms with E-state index in [4.69, 9.17) is 5.21 Å². The molecule has 0 unspecified atom stereocenters. The van der Waals surface area contributed by atoms with Crippen LogP contribution in [0, 0.1) is 0 Å². The van der Waals surface area contributed by atoms with E-state index < -0.39 is 5.91 Å². The maximum Gasteiger partial charge on any atom is 0.277 e. The number of carbonyl (C=O) groups is 2. The highest BCUT2D eigenvalue weighted by atomic mass is 16.5. The van der Waals surface area contributed by atoms with Crippen LogP contribution in [-0.4, -0.2) is 74.5 Å². The van der Waals surface area contributed by atoms with E-state index in [1.54, 1.807) is 12.4 Å². The minimum absolute atomic E-state index is 0.152. The molecule has 0 aliphatic carbocycles. The van der Waals surface area contributed by atoms with Crippen molar-refractivity contribution in [2.75, 3.05) is 37.6 Å². The molecule has 200 valence electrons. The number of piperazine rings is 1. The van der Waals surface area contributed by atoms with E-state index in [0.717, 1.165) is 51.2 Å². The van der Waals surface area contributed by atoms with Crippen molar-refractivity contribution in [1.29, 1.82) is 0 Å². The third-order valence-corrected chi connectivity index (χ3v) is 7.74. The van der Waals surface area contributed by atoms with Crippen LogP contribution < -0.4 is 10.4 Å². The van der Waals surface area contributed by atoms with E-state index in [-0.39, 0.29) is 11.5 Å². The number of nitrogens with one attached hydrogen (secondary N) is 2. The van der Waals surface area contributed by atoms with Crippen molar-refractivity contribution in [2.45, 2.75) is 26.4 Å². The number of fused-ring (bicyclic) bond motifs is 3. The lowest BCUT2D eigenvalue weighted by atomic mass is 9.98. The molecule has 4 heterocycles. The number of amides is 2. The summed E-state index contributed by atoms with van der Waals surface area (Å²) >= 11 is 0. The standard InChI is InChI=1S/C29H31N7O3/c1-19(37)35-11-9-34(10-12-35)17-20-3-2-4-21(13-20)22-5-6-26-24(14-22)25-18-36(8-7-27(25)32-26)29-30-15-23(16-31-29)28(38)33-39/h2-6,13-16,32,39H,7-12,17-18H2,1H3,(H,33,38). The van der Waals surface area contributed by atoms with Gasteiger partial charge in [0.15, 0.2) is 0 Å². The first kappa shape index (κ1) is 25.0. The van der Waals surface area contributed by atoms with Crippen LogP contribution in [0.15, 0.2) is 54.9 Å². The van der Waals surface area contributed by atoms with E-state index in [2.05, 4.69) is 67.2 Å². The van der Waals surface area contributed by atoms with E-state index >= 15 is 0 Å². The van der Waals surface area contributed by atoms with Crippen molar-refractivity contribution in [1.82, 2.24) is 30.2 Å². The molecule has 6 rings (SSSR count). The summed E-state index contributed by atoms with van der Waals surface area (Å²) in [5.74, 6) is 0.0726. The number of aromatic amines is 1. The van der Waals surface area contributed by atoms with Gasteiger partial charge in [-0.15, -0.1) is 0 Å². The van der Waals surface area contributed by atoms with Crippen LogP contribution in [0.2, 0.25) is 0 Å². The molecule has 1 fully saturated rings. The third kappa shape index (κ3) is 5.08. The number of carbonyl (C=O) groups excluding carboxylic acids is 2. The van der Waals surface area contributed by atoms with Gasteiger partial charge in [0.1, 0.15) is 0 Å². The molecular weight excluding hydrogens is 494 g/mol. The predicted molar refractivity (Wildman–Crippen MR) is 147 cm³/mol.